The van der Waals surface area contributed by atoms with Crippen molar-refractivity contribution in [3.63, 3.8) is 0 Å². The molecule has 0 atom stereocenters. The average molecular weight is 739 g/mol. The summed E-state index contributed by atoms with van der Waals surface area (Å²) in [6.45, 7) is 0. The average Bonchev–Trinajstić information content (AvgIpc) is 3.63. The number of rotatable bonds is 7. The third-order valence-corrected chi connectivity index (χ3v) is 11.6. The Balaban J connectivity index is 1.25. The van der Waals surface area contributed by atoms with Crippen molar-refractivity contribution >= 4 is 60.4 Å². The van der Waals surface area contributed by atoms with Crippen LogP contribution >= 0.6 is 0 Å². The van der Waals surface area contributed by atoms with Gasteiger partial charge in [-0.2, -0.15) is 0 Å². The van der Waals surface area contributed by atoms with Gasteiger partial charge in [0.15, 0.2) is 0 Å². The molecule has 1 aromatic heterocycles. The number of hydrogen-bond acceptors (Lipinski definition) is 1. The van der Waals surface area contributed by atoms with Crippen LogP contribution in [0.5, 0.6) is 0 Å². The summed E-state index contributed by atoms with van der Waals surface area (Å²) >= 11 is 0. The van der Waals surface area contributed by atoms with Crippen molar-refractivity contribution in [2.75, 3.05) is 4.90 Å². The Morgan fingerprint density at radius 3 is 1.62 bits per heavy atom. The van der Waals surface area contributed by atoms with Gasteiger partial charge in [-0.1, -0.05) is 182 Å². The number of fused-ring (bicyclic) bond motifs is 5. The molecule has 0 spiro atoms. The maximum atomic E-state index is 2.48. The fourth-order valence-electron chi connectivity index (χ4n) is 8.97. The second-order valence-corrected chi connectivity index (χ2v) is 14.9. The van der Waals surface area contributed by atoms with Crippen molar-refractivity contribution in [1.29, 1.82) is 0 Å². The Labute approximate surface area is 338 Å². The van der Waals surface area contributed by atoms with Gasteiger partial charge < -0.3 is 9.47 Å². The summed E-state index contributed by atoms with van der Waals surface area (Å²) in [6, 6.07) is 83.9. The molecule has 2 nitrogen and oxygen atoms in total. The van der Waals surface area contributed by atoms with Crippen LogP contribution in [0.4, 0.5) is 17.1 Å². The van der Waals surface area contributed by atoms with E-state index in [9.17, 15) is 0 Å². The largest absolute Gasteiger partial charge is 0.310 e. The first-order valence-corrected chi connectivity index (χ1v) is 19.9. The fraction of sp³-hybridized carbons (Fsp3) is 0. The van der Waals surface area contributed by atoms with E-state index < -0.39 is 0 Å². The molecule has 0 amide bonds. The Morgan fingerprint density at radius 1 is 0.310 bits per heavy atom. The molecular weight excluding hydrogens is 701 g/mol. The van der Waals surface area contributed by atoms with E-state index in [1.807, 2.05) is 0 Å². The molecule has 58 heavy (non-hydrogen) atoms. The van der Waals surface area contributed by atoms with E-state index in [-0.39, 0.29) is 0 Å². The zero-order chi connectivity index (χ0) is 38.4. The summed E-state index contributed by atoms with van der Waals surface area (Å²) < 4.78 is 2.41. The van der Waals surface area contributed by atoms with E-state index in [1.54, 1.807) is 0 Å². The van der Waals surface area contributed by atoms with Crippen LogP contribution in [0.25, 0.3) is 82.4 Å². The lowest BCUT2D eigenvalue weighted by Gasteiger charge is -2.30. The highest BCUT2D eigenvalue weighted by molar-refractivity contribution is 6.12. The van der Waals surface area contributed by atoms with Crippen LogP contribution < -0.4 is 4.90 Å². The van der Waals surface area contributed by atoms with Crippen molar-refractivity contribution in [1.82, 2.24) is 4.57 Å². The quantitative estimate of drug-likeness (QED) is 0.158. The van der Waals surface area contributed by atoms with Gasteiger partial charge in [-0.3, -0.25) is 0 Å². The first kappa shape index (κ1) is 33.6. The van der Waals surface area contributed by atoms with Crippen molar-refractivity contribution < 1.29 is 0 Å². The summed E-state index contributed by atoms with van der Waals surface area (Å²) in [5, 5.41) is 7.34. The number of anilines is 3. The van der Waals surface area contributed by atoms with Crippen molar-refractivity contribution in [2.45, 2.75) is 0 Å². The van der Waals surface area contributed by atoms with Crippen molar-refractivity contribution in [2.24, 2.45) is 0 Å². The Morgan fingerprint density at radius 2 is 0.845 bits per heavy atom. The lowest BCUT2D eigenvalue weighted by atomic mass is 9.87. The van der Waals surface area contributed by atoms with E-state index in [2.05, 4.69) is 240 Å². The number of aromatic nitrogens is 1. The van der Waals surface area contributed by atoms with Gasteiger partial charge in [0, 0.05) is 33.4 Å². The van der Waals surface area contributed by atoms with Gasteiger partial charge in [0.2, 0.25) is 0 Å². The van der Waals surface area contributed by atoms with E-state index in [0.717, 1.165) is 28.3 Å². The minimum absolute atomic E-state index is 1.08. The fourth-order valence-corrected chi connectivity index (χ4v) is 8.97. The molecule has 11 aromatic rings. The highest BCUT2D eigenvalue weighted by Gasteiger charge is 2.24. The van der Waals surface area contributed by atoms with Crippen LogP contribution in [0.1, 0.15) is 0 Å². The third kappa shape index (κ3) is 5.66. The van der Waals surface area contributed by atoms with E-state index in [1.165, 1.54) is 71.2 Å². The van der Waals surface area contributed by atoms with Crippen LogP contribution in [-0.2, 0) is 0 Å². The zero-order valence-corrected chi connectivity index (χ0v) is 31.8. The molecule has 0 saturated carbocycles. The van der Waals surface area contributed by atoms with Crippen LogP contribution in [0.2, 0.25) is 0 Å². The van der Waals surface area contributed by atoms with Gasteiger partial charge in [0.25, 0.3) is 0 Å². The summed E-state index contributed by atoms with van der Waals surface area (Å²) in [7, 11) is 0. The summed E-state index contributed by atoms with van der Waals surface area (Å²) in [5.41, 5.74) is 13.9. The second-order valence-electron chi connectivity index (χ2n) is 14.9. The molecule has 0 aliphatic carbocycles. The third-order valence-electron chi connectivity index (χ3n) is 11.6. The highest BCUT2D eigenvalue weighted by atomic mass is 15.1. The molecule has 2 heteroatoms. The van der Waals surface area contributed by atoms with Gasteiger partial charge in [-0.25, -0.2) is 0 Å². The molecule has 1 heterocycles. The molecule has 272 valence electrons. The van der Waals surface area contributed by atoms with Gasteiger partial charge in [0.1, 0.15) is 0 Å². The van der Waals surface area contributed by atoms with E-state index >= 15 is 0 Å². The van der Waals surface area contributed by atoms with Gasteiger partial charge >= 0.3 is 0 Å². The zero-order valence-electron chi connectivity index (χ0n) is 31.8. The normalized spacial score (nSPS) is 11.4. The predicted octanol–water partition coefficient (Wildman–Crippen LogP) is 15.6. The van der Waals surface area contributed by atoms with Gasteiger partial charge in [-0.05, 0) is 97.9 Å². The smallest absolute Gasteiger partial charge is 0.0561 e. The SMILES string of the molecule is c1ccc(-c2cccc(N(c3ccc4c5ccccc5n(-c5ccccc5)c4c3)c3cccc(-c4cccc5ccccc45)c3-c3cccc4ccccc34)c2)cc1. The summed E-state index contributed by atoms with van der Waals surface area (Å²) in [6.07, 6.45) is 0. The summed E-state index contributed by atoms with van der Waals surface area (Å²) in [5.74, 6) is 0. The molecule has 0 N–H and O–H groups in total. The maximum absolute atomic E-state index is 2.48. The van der Waals surface area contributed by atoms with Crippen LogP contribution in [-0.4, -0.2) is 4.57 Å². The number of hydrogen-bond donors (Lipinski definition) is 0. The lowest BCUT2D eigenvalue weighted by Crippen LogP contribution is -2.12. The number of nitrogens with zero attached hydrogens (tertiary/aromatic N) is 2. The Kier molecular flexibility index (Phi) is 8.19. The second kappa shape index (κ2) is 14.1. The molecule has 0 bridgehead atoms. The molecule has 10 aromatic carbocycles. The molecule has 0 aliphatic heterocycles. The van der Waals surface area contributed by atoms with Crippen molar-refractivity contribution in [3.05, 3.63) is 231 Å². The lowest BCUT2D eigenvalue weighted by molar-refractivity contribution is 1.18. The van der Waals surface area contributed by atoms with Crippen LogP contribution in [0.15, 0.2) is 231 Å². The van der Waals surface area contributed by atoms with Gasteiger partial charge in [0.05, 0.1) is 16.7 Å². The first-order valence-electron chi connectivity index (χ1n) is 19.9. The number of benzene rings is 10. The topological polar surface area (TPSA) is 8.17 Å². The minimum Gasteiger partial charge on any atom is -0.310 e. The molecular formula is C56H38N2. The first-order chi connectivity index (χ1) is 28.8. The molecule has 0 aliphatic rings. The highest BCUT2D eigenvalue weighted by Crippen LogP contribution is 2.49. The van der Waals surface area contributed by atoms with Crippen LogP contribution in [0, 0.1) is 0 Å². The van der Waals surface area contributed by atoms with Crippen LogP contribution in [0.3, 0.4) is 0 Å². The molecule has 0 saturated heterocycles. The Hall–Kier alpha value is -7.68. The molecule has 0 radical (unpaired) electrons. The monoisotopic (exact) mass is 738 g/mol. The van der Waals surface area contributed by atoms with Crippen molar-refractivity contribution in [3.8, 4) is 39.1 Å². The molecule has 0 fully saturated rings. The van der Waals surface area contributed by atoms with E-state index in [0.29, 0.717) is 0 Å². The van der Waals surface area contributed by atoms with Gasteiger partial charge in [-0.15, -0.1) is 0 Å². The van der Waals surface area contributed by atoms with E-state index in [4.69, 9.17) is 0 Å². The predicted molar refractivity (Wildman–Crippen MR) is 247 cm³/mol. The summed E-state index contributed by atoms with van der Waals surface area (Å²) in [4.78, 5) is 2.48. The standard InChI is InChI=1S/C56H38N2/c1-3-17-39(18-4-1)42-23-13-26-44(37-42)57(45-35-36-50-49-29-11-12-33-53(49)58(55(50)38-45)43-24-5-2-6-25-43)54-34-16-32-52(48-30-14-21-40-19-7-9-27-46(40)48)56(54)51-31-15-22-41-20-8-10-28-47(41)51/h1-38H. The maximum Gasteiger partial charge on any atom is 0.0561 e. The Bertz CT molecular complexity index is 3280. The number of para-hydroxylation sites is 2. The molecule has 11 rings (SSSR count). The minimum atomic E-state index is 1.08. The molecule has 0 unspecified atom stereocenters.